The Morgan fingerprint density at radius 3 is 2.23 bits per heavy atom. The molecule has 0 amide bonds. The van der Waals surface area contributed by atoms with Crippen molar-refractivity contribution in [3.8, 4) is 5.75 Å². The summed E-state index contributed by atoms with van der Waals surface area (Å²) in [4.78, 5) is 11.6. The lowest BCUT2D eigenvalue weighted by Gasteiger charge is -2.37. The number of para-hydroxylation sites is 3. The number of hydrogen-bond donors (Lipinski definition) is 1. The van der Waals surface area contributed by atoms with Gasteiger partial charge >= 0.3 is 6.18 Å². The van der Waals surface area contributed by atoms with E-state index in [0.29, 0.717) is 30.5 Å². The number of rotatable bonds is 7. The molecule has 1 N–H and O–H groups in total. The van der Waals surface area contributed by atoms with E-state index in [1.807, 2.05) is 55.5 Å². The SMILES string of the molecule is COc1ccccc1Nc1nc([C@@H](C)N2CCN(S(=O)(=O)c3ccc(C(F)(F)F)cc3)CC2)nc2ccccc12. The summed E-state index contributed by atoms with van der Waals surface area (Å²) in [7, 11) is -2.33. The smallest absolute Gasteiger partial charge is 0.416 e. The quantitative estimate of drug-likeness (QED) is 0.315. The molecule has 3 aromatic carbocycles. The van der Waals surface area contributed by atoms with E-state index >= 15 is 0 Å². The van der Waals surface area contributed by atoms with Gasteiger partial charge in [0.05, 0.1) is 34.8 Å². The van der Waals surface area contributed by atoms with Crippen LogP contribution in [0.15, 0.2) is 77.7 Å². The highest BCUT2D eigenvalue weighted by molar-refractivity contribution is 7.89. The van der Waals surface area contributed by atoms with Crippen LogP contribution in [-0.2, 0) is 16.2 Å². The fourth-order valence-electron chi connectivity index (χ4n) is 4.71. The van der Waals surface area contributed by atoms with E-state index in [1.54, 1.807) is 7.11 Å². The molecule has 8 nitrogen and oxygen atoms in total. The molecule has 0 spiro atoms. The Labute approximate surface area is 230 Å². The number of alkyl halides is 3. The Balaban J connectivity index is 1.34. The van der Waals surface area contributed by atoms with Crippen molar-refractivity contribution in [3.05, 3.63) is 84.2 Å². The number of nitrogens with one attached hydrogen (secondary N) is 1. The van der Waals surface area contributed by atoms with Crippen LogP contribution in [0.3, 0.4) is 0 Å². The first-order chi connectivity index (χ1) is 19.1. The first kappa shape index (κ1) is 27.8. The Kier molecular flexibility index (Phi) is 7.67. The molecule has 210 valence electrons. The highest BCUT2D eigenvalue weighted by atomic mass is 32.2. The Morgan fingerprint density at radius 1 is 0.900 bits per heavy atom. The predicted octanol–water partition coefficient (Wildman–Crippen LogP) is 5.47. The number of ether oxygens (including phenoxy) is 1. The van der Waals surface area contributed by atoms with Crippen LogP contribution < -0.4 is 10.1 Å². The highest BCUT2D eigenvalue weighted by Gasteiger charge is 2.33. The van der Waals surface area contributed by atoms with E-state index in [4.69, 9.17) is 14.7 Å². The van der Waals surface area contributed by atoms with Gasteiger partial charge in [-0.15, -0.1) is 0 Å². The molecule has 1 fully saturated rings. The van der Waals surface area contributed by atoms with Crippen molar-refractivity contribution in [2.75, 3.05) is 38.6 Å². The molecule has 1 aliphatic rings. The van der Waals surface area contributed by atoms with Crippen molar-refractivity contribution in [3.63, 3.8) is 0 Å². The third-order valence-electron chi connectivity index (χ3n) is 6.99. The van der Waals surface area contributed by atoms with Crippen molar-refractivity contribution in [2.45, 2.75) is 24.0 Å². The lowest BCUT2D eigenvalue weighted by atomic mass is 10.2. The van der Waals surface area contributed by atoms with Crippen molar-refractivity contribution >= 4 is 32.4 Å². The van der Waals surface area contributed by atoms with Crippen LogP contribution in [0.25, 0.3) is 10.9 Å². The maximum Gasteiger partial charge on any atom is 0.416 e. The van der Waals surface area contributed by atoms with Gasteiger partial charge in [-0.3, -0.25) is 4.90 Å². The third-order valence-corrected chi connectivity index (χ3v) is 8.91. The normalized spacial score (nSPS) is 16.1. The fraction of sp³-hybridized carbons (Fsp3) is 0.286. The lowest BCUT2D eigenvalue weighted by molar-refractivity contribution is -0.137. The van der Waals surface area contributed by atoms with E-state index < -0.39 is 21.8 Å². The van der Waals surface area contributed by atoms with Crippen molar-refractivity contribution < 1.29 is 26.3 Å². The number of benzene rings is 3. The predicted molar refractivity (Wildman–Crippen MR) is 146 cm³/mol. The molecule has 1 aliphatic heterocycles. The molecule has 12 heteroatoms. The summed E-state index contributed by atoms with van der Waals surface area (Å²) in [6, 6.07) is 18.6. The van der Waals surface area contributed by atoms with Crippen LogP contribution in [0.2, 0.25) is 0 Å². The lowest BCUT2D eigenvalue weighted by Crippen LogP contribution is -2.49. The third kappa shape index (κ3) is 5.60. The first-order valence-electron chi connectivity index (χ1n) is 12.7. The van der Waals surface area contributed by atoms with Gasteiger partial charge in [0.15, 0.2) is 0 Å². The Bertz CT molecular complexity index is 1610. The molecule has 1 aromatic heterocycles. The van der Waals surface area contributed by atoms with Crippen LogP contribution in [0.4, 0.5) is 24.7 Å². The van der Waals surface area contributed by atoms with Gasteiger partial charge in [0.2, 0.25) is 10.0 Å². The standard InChI is InChI=1S/C28H28F3N5O3S/c1-19(35-15-17-36(18-16-35)40(37,38)21-13-11-20(12-14-21)28(29,30)31)26-32-23-8-4-3-7-22(23)27(34-26)33-24-9-5-6-10-25(24)39-2/h3-14,19H,15-18H2,1-2H3,(H,32,33,34)/t19-/m1/s1. The summed E-state index contributed by atoms with van der Waals surface area (Å²) in [5, 5.41) is 4.21. The molecular weight excluding hydrogens is 543 g/mol. The molecule has 40 heavy (non-hydrogen) atoms. The minimum atomic E-state index is -4.53. The van der Waals surface area contributed by atoms with Crippen LogP contribution >= 0.6 is 0 Å². The monoisotopic (exact) mass is 571 g/mol. The van der Waals surface area contributed by atoms with Crippen LogP contribution in [0, 0.1) is 0 Å². The fourth-order valence-corrected chi connectivity index (χ4v) is 6.13. The number of halogens is 3. The second-order valence-corrected chi connectivity index (χ2v) is 11.3. The molecule has 5 rings (SSSR count). The number of piperazine rings is 1. The Morgan fingerprint density at radius 2 is 1.55 bits per heavy atom. The highest BCUT2D eigenvalue weighted by Crippen LogP contribution is 2.33. The molecule has 0 aliphatic carbocycles. The van der Waals surface area contributed by atoms with Crippen molar-refractivity contribution in [1.82, 2.24) is 19.2 Å². The zero-order chi connectivity index (χ0) is 28.5. The molecule has 0 unspecified atom stereocenters. The van der Waals surface area contributed by atoms with E-state index in [-0.39, 0.29) is 24.0 Å². The van der Waals surface area contributed by atoms with Crippen LogP contribution in [0.1, 0.15) is 24.4 Å². The molecule has 1 saturated heterocycles. The molecule has 4 aromatic rings. The van der Waals surface area contributed by atoms with Gasteiger partial charge in [-0.1, -0.05) is 24.3 Å². The zero-order valence-electron chi connectivity index (χ0n) is 21.9. The molecular formula is C28H28F3N5O3S. The van der Waals surface area contributed by atoms with Gasteiger partial charge in [0.1, 0.15) is 17.4 Å². The summed E-state index contributed by atoms with van der Waals surface area (Å²) in [5.41, 5.74) is 0.634. The van der Waals surface area contributed by atoms with Gasteiger partial charge in [-0.2, -0.15) is 17.5 Å². The number of methoxy groups -OCH3 is 1. The number of hydrogen-bond acceptors (Lipinski definition) is 7. The van der Waals surface area contributed by atoms with Crippen LogP contribution in [-0.4, -0.2) is 60.9 Å². The van der Waals surface area contributed by atoms with Gasteiger partial charge in [-0.05, 0) is 55.5 Å². The number of nitrogens with zero attached hydrogens (tertiary/aromatic N) is 4. The number of fused-ring (bicyclic) bond motifs is 1. The van der Waals surface area contributed by atoms with Gasteiger partial charge < -0.3 is 10.1 Å². The average Bonchev–Trinajstić information content (AvgIpc) is 2.96. The largest absolute Gasteiger partial charge is 0.495 e. The van der Waals surface area contributed by atoms with E-state index in [9.17, 15) is 21.6 Å². The van der Waals surface area contributed by atoms with Crippen LogP contribution in [0.5, 0.6) is 5.75 Å². The summed E-state index contributed by atoms with van der Waals surface area (Å²) >= 11 is 0. The second kappa shape index (κ2) is 11.0. The number of anilines is 2. The molecule has 1 atom stereocenters. The minimum Gasteiger partial charge on any atom is -0.495 e. The summed E-state index contributed by atoms with van der Waals surface area (Å²) in [6.07, 6.45) is -4.53. The molecule has 2 heterocycles. The van der Waals surface area contributed by atoms with Crippen molar-refractivity contribution in [2.24, 2.45) is 0 Å². The maximum atomic E-state index is 13.1. The first-order valence-corrected chi connectivity index (χ1v) is 14.1. The summed E-state index contributed by atoms with van der Waals surface area (Å²) in [5.74, 6) is 1.88. The summed E-state index contributed by atoms with van der Waals surface area (Å²) < 4.78 is 71.7. The second-order valence-electron chi connectivity index (χ2n) is 9.41. The minimum absolute atomic E-state index is 0.160. The molecule has 0 radical (unpaired) electrons. The maximum absolute atomic E-state index is 13.1. The van der Waals surface area contributed by atoms with E-state index in [0.717, 1.165) is 40.9 Å². The number of aromatic nitrogens is 2. The van der Waals surface area contributed by atoms with Gasteiger partial charge in [-0.25, -0.2) is 18.4 Å². The van der Waals surface area contributed by atoms with E-state index in [2.05, 4.69) is 10.2 Å². The molecule has 0 saturated carbocycles. The van der Waals surface area contributed by atoms with Crippen molar-refractivity contribution in [1.29, 1.82) is 0 Å². The topological polar surface area (TPSA) is 87.7 Å². The van der Waals surface area contributed by atoms with E-state index in [1.165, 1.54) is 4.31 Å². The zero-order valence-corrected chi connectivity index (χ0v) is 22.7. The average molecular weight is 572 g/mol. The Hall–Kier alpha value is -3.74. The molecule has 0 bridgehead atoms. The van der Waals surface area contributed by atoms with Gasteiger partial charge in [0.25, 0.3) is 0 Å². The number of sulfonamides is 1. The van der Waals surface area contributed by atoms with Gasteiger partial charge in [0, 0.05) is 31.6 Å². The summed E-state index contributed by atoms with van der Waals surface area (Å²) in [6.45, 7) is 3.16.